The lowest BCUT2D eigenvalue weighted by Gasteiger charge is -2.10. The molecule has 0 unspecified atom stereocenters. The topological polar surface area (TPSA) is 70.2 Å². The van der Waals surface area contributed by atoms with Crippen LogP contribution >= 0.6 is 12.2 Å². The molecule has 0 atom stereocenters. The summed E-state index contributed by atoms with van der Waals surface area (Å²) in [4.78, 5) is 23.9. The van der Waals surface area contributed by atoms with Gasteiger partial charge in [0.25, 0.3) is 0 Å². The number of unbranched alkanes of at least 4 members (excludes halogenated alkanes) is 2. The fourth-order valence-electron chi connectivity index (χ4n) is 2.49. The lowest BCUT2D eigenvalue weighted by molar-refractivity contribution is -0.116. The molecule has 2 rings (SSSR count). The minimum absolute atomic E-state index is 0.00692. The minimum atomic E-state index is -0.318. The standard InChI is InChI=1S/C22H25N3O2S/c1-2-3-5-13-20(26)23-18-11-8-12-19(16-18)24-22(28)25-21(27)15-14-17-9-6-4-7-10-17/h4,6-12,14-16H,2-3,5,13H2,1H3,(H,23,26)(H2,24,25,27,28)/b15-14+. The third-order valence-electron chi connectivity index (χ3n) is 3.88. The molecule has 0 aliphatic rings. The molecule has 0 saturated heterocycles. The van der Waals surface area contributed by atoms with Crippen molar-refractivity contribution in [2.24, 2.45) is 0 Å². The van der Waals surface area contributed by atoms with Crippen molar-refractivity contribution in [3.05, 3.63) is 66.2 Å². The summed E-state index contributed by atoms with van der Waals surface area (Å²) < 4.78 is 0. The van der Waals surface area contributed by atoms with E-state index < -0.39 is 0 Å². The zero-order chi connectivity index (χ0) is 20.2. The predicted molar refractivity (Wildman–Crippen MR) is 119 cm³/mol. The lowest BCUT2D eigenvalue weighted by Crippen LogP contribution is -2.32. The van der Waals surface area contributed by atoms with Crippen molar-refractivity contribution in [2.75, 3.05) is 10.6 Å². The highest BCUT2D eigenvalue weighted by atomic mass is 32.1. The van der Waals surface area contributed by atoms with Crippen LogP contribution in [0.3, 0.4) is 0 Å². The second-order valence-electron chi connectivity index (χ2n) is 6.27. The third-order valence-corrected chi connectivity index (χ3v) is 4.08. The van der Waals surface area contributed by atoms with E-state index in [0.717, 1.165) is 24.8 Å². The first-order chi connectivity index (χ1) is 13.6. The van der Waals surface area contributed by atoms with E-state index in [1.54, 1.807) is 12.1 Å². The molecule has 5 nitrogen and oxygen atoms in total. The van der Waals surface area contributed by atoms with Crippen molar-refractivity contribution in [2.45, 2.75) is 32.6 Å². The molecule has 0 saturated carbocycles. The van der Waals surface area contributed by atoms with Crippen LogP contribution in [0.1, 0.15) is 38.2 Å². The van der Waals surface area contributed by atoms with Gasteiger partial charge in [-0.05, 0) is 48.5 Å². The van der Waals surface area contributed by atoms with Crippen molar-refractivity contribution in [1.82, 2.24) is 5.32 Å². The van der Waals surface area contributed by atoms with Crippen molar-refractivity contribution < 1.29 is 9.59 Å². The fourth-order valence-corrected chi connectivity index (χ4v) is 2.70. The zero-order valence-electron chi connectivity index (χ0n) is 15.9. The number of amides is 2. The van der Waals surface area contributed by atoms with Crippen LogP contribution in [0.5, 0.6) is 0 Å². The predicted octanol–water partition coefficient (Wildman–Crippen LogP) is 4.73. The van der Waals surface area contributed by atoms with Crippen LogP contribution in [0.2, 0.25) is 0 Å². The van der Waals surface area contributed by atoms with Crippen LogP contribution in [0.15, 0.2) is 60.7 Å². The summed E-state index contributed by atoms with van der Waals surface area (Å²) in [5.41, 5.74) is 2.30. The van der Waals surface area contributed by atoms with Gasteiger partial charge in [-0.25, -0.2) is 0 Å². The van der Waals surface area contributed by atoms with Gasteiger partial charge in [0.2, 0.25) is 11.8 Å². The van der Waals surface area contributed by atoms with Crippen molar-refractivity contribution >= 4 is 46.6 Å². The third kappa shape index (κ3) is 8.14. The Balaban J connectivity index is 1.83. The Morgan fingerprint density at radius 2 is 1.68 bits per heavy atom. The summed E-state index contributed by atoms with van der Waals surface area (Å²) in [5, 5.41) is 8.61. The molecule has 0 spiro atoms. The Morgan fingerprint density at radius 3 is 2.39 bits per heavy atom. The van der Waals surface area contributed by atoms with Gasteiger partial charge < -0.3 is 10.6 Å². The molecule has 2 amide bonds. The second-order valence-corrected chi connectivity index (χ2v) is 6.68. The molecule has 0 heterocycles. The van der Waals surface area contributed by atoms with Crippen molar-refractivity contribution in [3.8, 4) is 0 Å². The lowest BCUT2D eigenvalue weighted by atomic mass is 10.2. The molecular formula is C22H25N3O2S. The van der Waals surface area contributed by atoms with Gasteiger partial charge in [0.05, 0.1) is 0 Å². The molecule has 2 aromatic rings. The minimum Gasteiger partial charge on any atom is -0.332 e. The van der Waals surface area contributed by atoms with E-state index >= 15 is 0 Å². The van der Waals surface area contributed by atoms with Gasteiger partial charge in [-0.2, -0.15) is 0 Å². The SMILES string of the molecule is CCCCCC(=O)Nc1cccc(NC(=S)NC(=O)/C=C/c2ccccc2)c1. The molecular weight excluding hydrogens is 370 g/mol. The Labute approximate surface area is 171 Å². The van der Waals surface area contributed by atoms with E-state index in [0.29, 0.717) is 17.8 Å². The molecule has 0 bridgehead atoms. The first kappa shape index (κ1) is 21.3. The number of carbonyl (C=O) groups excluding carboxylic acids is 2. The molecule has 0 aromatic heterocycles. The second kappa shape index (κ2) is 11.7. The Kier molecular flexibility index (Phi) is 8.88. The van der Waals surface area contributed by atoms with Crippen LogP contribution in [-0.2, 0) is 9.59 Å². The average Bonchev–Trinajstić information content (AvgIpc) is 2.67. The fraction of sp³-hybridized carbons (Fsp3) is 0.227. The van der Waals surface area contributed by atoms with E-state index in [9.17, 15) is 9.59 Å². The highest BCUT2D eigenvalue weighted by Crippen LogP contribution is 2.15. The quantitative estimate of drug-likeness (QED) is 0.343. The van der Waals surface area contributed by atoms with E-state index in [4.69, 9.17) is 12.2 Å². The highest BCUT2D eigenvalue weighted by molar-refractivity contribution is 7.80. The van der Waals surface area contributed by atoms with Crippen molar-refractivity contribution in [3.63, 3.8) is 0 Å². The molecule has 0 aliphatic carbocycles. The number of anilines is 2. The molecule has 0 fully saturated rings. The largest absolute Gasteiger partial charge is 0.332 e. The summed E-state index contributed by atoms with van der Waals surface area (Å²) in [6.45, 7) is 2.10. The maximum Gasteiger partial charge on any atom is 0.250 e. The molecule has 28 heavy (non-hydrogen) atoms. The van der Waals surface area contributed by atoms with Gasteiger partial charge in [0, 0.05) is 23.9 Å². The Morgan fingerprint density at radius 1 is 0.964 bits per heavy atom. The van der Waals surface area contributed by atoms with Gasteiger partial charge in [-0.15, -0.1) is 0 Å². The summed E-state index contributed by atoms with van der Waals surface area (Å²) >= 11 is 5.18. The number of benzene rings is 2. The van der Waals surface area contributed by atoms with Crippen LogP contribution in [-0.4, -0.2) is 16.9 Å². The van der Waals surface area contributed by atoms with Crippen LogP contribution < -0.4 is 16.0 Å². The monoisotopic (exact) mass is 395 g/mol. The number of carbonyl (C=O) groups is 2. The summed E-state index contributed by atoms with van der Waals surface area (Å²) in [6.07, 6.45) is 6.65. The van der Waals surface area contributed by atoms with E-state index in [1.807, 2.05) is 48.5 Å². The highest BCUT2D eigenvalue weighted by Gasteiger charge is 2.05. The van der Waals surface area contributed by atoms with Gasteiger partial charge >= 0.3 is 0 Å². The Hall–Kier alpha value is -2.99. The number of nitrogens with one attached hydrogen (secondary N) is 3. The normalized spacial score (nSPS) is 10.5. The van der Waals surface area contributed by atoms with Crippen molar-refractivity contribution in [1.29, 1.82) is 0 Å². The number of hydrogen-bond acceptors (Lipinski definition) is 3. The van der Waals surface area contributed by atoms with E-state index in [-0.39, 0.29) is 16.9 Å². The first-order valence-corrected chi connectivity index (χ1v) is 9.72. The maximum atomic E-state index is 12.0. The summed E-state index contributed by atoms with van der Waals surface area (Å²) in [7, 11) is 0. The number of hydrogen-bond donors (Lipinski definition) is 3. The van der Waals surface area contributed by atoms with Gasteiger partial charge in [0.1, 0.15) is 0 Å². The zero-order valence-corrected chi connectivity index (χ0v) is 16.7. The molecule has 146 valence electrons. The van der Waals surface area contributed by atoms with Crippen LogP contribution in [0.25, 0.3) is 6.08 Å². The van der Waals surface area contributed by atoms with Gasteiger partial charge in [0.15, 0.2) is 5.11 Å². The summed E-state index contributed by atoms with van der Waals surface area (Å²) in [5.74, 6) is -0.325. The van der Waals surface area contributed by atoms with Crippen LogP contribution in [0, 0.1) is 0 Å². The van der Waals surface area contributed by atoms with Gasteiger partial charge in [-0.3, -0.25) is 14.9 Å². The average molecular weight is 396 g/mol. The number of rotatable bonds is 8. The van der Waals surface area contributed by atoms with Gasteiger partial charge in [-0.1, -0.05) is 56.2 Å². The molecule has 0 aliphatic heterocycles. The molecule has 6 heteroatoms. The smallest absolute Gasteiger partial charge is 0.250 e. The Bertz CT molecular complexity index is 835. The first-order valence-electron chi connectivity index (χ1n) is 9.32. The maximum absolute atomic E-state index is 12.0. The molecule has 2 aromatic carbocycles. The number of thiocarbonyl (C=S) groups is 1. The summed E-state index contributed by atoms with van der Waals surface area (Å²) in [6, 6.07) is 16.7. The molecule has 3 N–H and O–H groups in total. The molecule has 0 radical (unpaired) electrons. The van der Waals surface area contributed by atoms with Crippen LogP contribution in [0.4, 0.5) is 11.4 Å². The van der Waals surface area contributed by atoms with E-state index in [2.05, 4.69) is 22.9 Å². The van der Waals surface area contributed by atoms with E-state index in [1.165, 1.54) is 6.08 Å².